The minimum Gasteiger partial charge on any atom is -0.354 e. The van der Waals surface area contributed by atoms with Crippen molar-refractivity contribution in [3.05, 3.63) is 67.6 Å². The first-order valence-electron chi connectivity index (χ1n) is 10.3. The Bertz CT molecular complexity index is 922. The van der Waals surface area contributed by atoms with Crippen LogP contribution in [0.15, 0.2) is 36.4 Å². The Morgan fingerprint density at radius 3 is 2.38 bits per heavy atom. The molecule has 9 heteroatoms. The van der Waals surface area contributed by atoms with Crippen LogP contribution in [0.2, 0.25) is 20.1 Å². The number of thioether (sulfide) groups is 1. The van der Waals surface area contributed by atoms with E-state index in [2.05, 4.69) is 12.2 Å². The Labute approximate surface area is 213 Å². The molecule has 0 radical (unpaired) electrons. The molecule has 1 N–H and O–H groups in total. The van der Waals surface area contributed by atoms with E-state index in [4.69, 9.17) is 46.4 Å². The van der Waals surface area contributed by atoms with E-state index in [1.807, 2.05) is 6.07 Å². The topological polar surface area (TPSA) is 49.4 Å². The fraction of sp³-hybridized carbons (Fsp3) is 0.391. The zero-order valence-corrected chi connectivity index (χ0v) is 21.8. The molecule has 0 unspecified atom stereocenters. The van der Waals surface area contributed by atoms with E-state index in [0.717, 1.165) is 18.4 Å². The lowest BCUT2D eigenvalue weighted by Crippen LogP contribution is -2.48. The summed E-state index contributed by atoms with van der Waals surface area (Å²) in [5.41, 5.74) is 1.50. The first-order chi connectivity index (χ1) is 15.2. The molecule has 32 heavy (non-hydrogen) atoms. The predicted molar refractivity (Wildman–Crippen MR) is 137 cm³/mol. The molecule has 4 nitrogen and oxygen atoms in total. The molecule has 174 valence electrons. The van der Waals surface area contributed by atoms with E-state index in [0.29, 0.717) is 38.0 Å². The second kappa shape index (κ2) is 13.6. The van der Waals surface area contributed by atoms with E-state index in [1.165, 1.54) is 16.7 Å². The number of amides is 2. The zero-order valence-electron chi connectivity index (χ0n) is 18.0. The molecule has 0 fully saturated rings. The normalized spacial score (nSPS) is 11.8. The third-order valence-electron chi connectivity index (χ3n) is 4.89. The van der Waals surface area contributed by atoms with Gasteiger partial charge in [0, 0.05) is 44.5 Å². The van der Waals surface area contributed by atoms with Crippen LogP contribution in [-0.2, 0) is 21.9 Å². The molecule has 0 aromatic heterocycles. The molecule has 0 saturated heterocycles. The number of benzene rings is 2. The average Bonchev–Trinajstić information content (AvgIpc) is 2.74. The van der Waals surface area contributed by atoms with Crippen molar-refractivity contribution in [3.63, 3.8) is 0 Å². The van der Waals surface area contributed by atoms with Gasteiger partial charge in [-0.15, -0.1) is 11.8 Å². The molecule has 0 aliphatic carbocycles. The lowest BCUT2D eigenvalue weighted by molar-refractivity contribution is -0.138. The summed E-state index contributed by atoms with van der Waals surface area (Å²) in [6, 6.07) is 9.78. The van der Waals surface area contributed by atoms with E-state index < -0.39 is 6.04 Å². The molecular formula is C23H26Cl4N2O2S. The molecular weight excluding hydrogens is 510 g/mol. The van der Waals surface area contributed by atoms with Gasteiger partial charge in [0.1, 0.15) is 6.04 Å². The van der Waals surface area contributed by atoms with E-state index in [9.17, 15) is 9.59 Å². The molecule has 2 aromatic carbocycles. The second-order valence-electron chi connectivity index (χ2n) is 7.27. The van der Waals surface area contributed by atoms with Gasteiger partial charge < -0.3 is 10.2 Å². The Morgan fingerprint density at radius 2 is 1.75 bits per heavy atom. The quantitative estimate of drug-likeness (QED) is 0.319. The van der Waals surface area contributed by atoms with Gasteiger partial charge in [-0.05, 0) is 43.2 Å². The van der Waals surface area contributed by atoms with E-state index in [-0.39, 0.29) is 24.1 Å². The number of nitrogens with zero attached hydrogens (tertiary/aromatic N) is 1. The number of carbonyl (C=O) groups excluding carboxylic acids is 2. The molecule has 0 bridgehead atoms. The van der Waals surface area contributed by atoms with Gasteiger partial charge >= 0.3 is 0 Å². The van der Waals surface area contributed by atoms with Crippen molar-refractivity contribution in [2.24, 2.45) is 0 Å². The SMILES string of the molecule is CCCCNC(=O)[C@H](C)N(Cc1c(Cl)cccc1Cl)C(=O)CSCc1ccc(Cl)cc1Cl. The molecule has 0 spiro atoms. The van der Waals surface area contributed by atoms with Crippen molar-refractivity contribution in [3.8, 4) is 0 Å². The molecule has 0 heterocycles. The van der Waals surface area contributed by atoms with Crippen molar-refractivity contribution in [1.29, 1.82) is 0 Å². The van der Waals surface area contributed by atoms with Crippen LogP contribution in [-0.4, -0.2) is 35.1 Å². The molecule has 0 aliphatic rings. The number of hydrogen-bond donors (Lipinski definition) is 1. The first kappa shape index (κ1) is 27.1. The van der Waals surface area contributed by atoms with Crippen LogP contribution in [0.1, 0.15) is 37.8 Å². The molecule has 2 aromatic rings. The van der Waals surface area contributed by atoms with Gasteiger partial charge in [-0.2, -0.15) is 0 Å². The summed E-state index contributed by atoms with van der Waals surface area (Å²) in [7, 11) is 0. The molecule has 0 saturated carbocycles. The van der Waals surface area contributed by atoms with Crippen molar-refractivity contribution >= 4 is 70.0 Å². The van der Waals surface area contributed by atoms with Crippen molar-refractivity contribution < 1.29 is 9.59 Å². The molecule has 1 atom stereocenters. The highest BCUT2D eigenvalue weighted by molar-refractivity contribution is 7.99. The van der Waals surface area contributed by atoms with Crippen molar-refractivity contribution in [2.45, 2.75) is 45.0 Å². The van der Waals surface area contributed by atoms with Gasteiger partial charge in [0.2, 0.25) is 11.8 Å². The summed E-state index contributed by atoms with van der Waals surface area (Å²) in [6.45, 7) is 4.47. The number of carbonyl (C=O) groups is 2. The van der Waals surface area contributed by atoms with Gasteiger partial charge in [-0.3, -0.25) is 9.59 Å². The minimum atomic E-state index is -0.675. The summed E-state index contributed by atoms with van der Waals surface area (Å²) < 4.78 is 0. The van der Waals surface area contributed by atoms with Crippen LogP contribution < -0.4 is 5.32 Å². The Balaban J connectivity index is 2.13. The summed E-state index contributed by atoms with van der Waals surface area (Å²) in [6.07, 6.45) is 1.84. The largest absolute Gasteiger partial charge is 0.354 e. The second-order valence-corrected chi connectivity index (χ2v) is 9.91. The van der Waals surface area contributed by atoms with Crippen LogP contribution in [0.4, 0.5) is 0 Å². The van der Waals surface area contributed by atoms with Crippen molar-refractivity contribution in [2.75, 3.05) is 12.3 Å². The van der Waals surface area contributed by atoms with E-state index in [1.54, 1.807) is 37.3 Å². The number of hydrogen-bond acceptors (Lipinski definition) is 3. The monoisotopic (exact) mass is 534 g/mol. The van der Waals surface area contributed by atoms with Gasteiger partial charge in [0.05, 0.1) is 5.75 Å². The highest BCUT2D eigenvalue weighted by Crippen LogP contribution is 2.28. The maximum absolute atomic E-state index is 13.2. The van der Waals surface area contributed by atoms with Crippen LogP contribution in [0, 0.1) is 0 Å². The standard InChI is InChI=1S/C23H26Cl4N2O2S/c1-3-4-10-28-23(31)15(2)29(12-18-19(25)6-5-7-20(18)26)22(30)14-32-13-16-8-9-17(24)11-21(16)27/h5-9,11,15H,3-4,10,12-14H2,1-2H3,(H,28,31)/t15-/m0/s1. The predicted octanol–water partition coefficient (Wildman–Crippen LogP) is 6.87. The fourth-order valence-electron chi connectivity index (χ4n) is 2.94. The number of unbranched alkanes of at least 4 members (excludes halogenated alkanes) is 1. The Kier molecular flexibility index (Phi) is 11.5. The number of halogens is 4. The third kappa shape index (κ3) is 8.03. The van der Waals surface area contributed by atoms with E-state index >= 15 is 0 Å². The van der Waals surface area contributed by atoms with Crippen LogP contribution in [0.5, 0.6) is 0 Å². The summed E-state index contributed by atoms with van der Waals surface area (Å²) >= 11 is 26.2. The summed E-state index contributed by atoms with van der Waals surface area (Å²) in [4.78, 5) is 27.4. The van der Waals surface area contributed by atoms with Crippen LogP contribution >= 0.6 is 58.2 Å². The molecule has 2 amide bonds. The van der Waals surface area contributed by atoms with Crippen LogP contribution in [0.25, 0.3) is 0 Å². The highest BCUT2D eigenvalue weighted by Gasteiger charge is 2.27. The van der Waals surface area contributed by atoms with Gasteiger partial charge in [0.15, 0.2) is 0 Å². The maximum Gasteiger partial charge on any atom is 0.242 e. The molecule has 0 aliphatic heterocycles. The van der Waals surface area contributed by atoms with Gasteiger partial charge in [-0.1, -0.05) is 71.9 Å². The van der Waals surface area contributed by atoms with Crippen molar-refractivity contribution in [1.82, 2.24) is 10.2 Å². The number of nitrogens with one attached hydrogen (secondary N) is 1. The Morgan fingerprint density at radius 1 is 1.06 bits per heavy atom. The first-order valence-corrected chi connectivity index (χ1v) is 12.9. The summed E-state index contributed by atoms with van der Waals surface area (Å²) in [5, 5.41) is 4.92. The minimum absolute atomic E-state index is 0.141. The summed E-state index contributed by atoms with van der Waals surface area (Å²) in [5.74, 6) is 0.322. The maximum atomic E-state index is 13.2. The van der Waals surface area contributed by atoms with Gasteiger partial charge in [-0.25, -0.2) is 0 Å². The highest BCUT2D eigenvalue weighted by atomic mass is 35.5. The third-order valence-corrected chi connectivity index (χ3v) is 7.15. The lowest BCUT2D eigenvalue weighted by Gasteiger charge is -2.29. The smallest absolute Gasteiger partial charge is 0.242 e. The number of rotatable bonds is 11. The fourth-order valence-corrected chi connectivity index (χ4v) is 4.93. The average molecular weight is 536 g/mol. The zero-order chi connectivity index (χ0) is 23.7. The Hall–Kier alpha value is -1.11. The van der Waals surface area contributed by atoms with Crippen LogP contribution in [0.3, 0.4) is 0 Å². The molecule has 2 rings (SSSR count). The lowest BCUT2D eigenvalue weighted by atomic mass is 10.1. The van der Waals surface area contributed by atoms with Gasteiger partial charge in [0.25, 0.3) is 0 Å².